The van der Waals surface area contributed by atoms with E-state index in [4.69, 9.17) is 4.74 Å². The first-order valence-electron chi connectivity index (χ1n) is 7.69. The second-order valence-electron chi connectivity index (χ2n) is 6.56. The average Bonchev–Trinajstić information content (AvgIpc) is 2.85. The van der Waals surface area contributed by atoms with Gasteiger partial charge in [-0.25, -0.2) is 0 Å². The lowest BCUT2D eigenvalue weighted by molar-refractivity contribution is -0.149. The zero-order chi connectivity index (χ0) is 14.6. The van der Waals surface area contributed by atoms with Crippen LogP contribution in [0.4, 0.5) is 0 Å². The Morgan fingerprint density at radius 1 is 1.25 bits per heavy atom. The number of likely N-dealkylation sites (N-methyl/N-ethyl adjacent to an activating group) is 1. The van der Waals surface area contributed by atoms with Crippen LogP contribution in [-0.2, 0) is 9.53 Å². The van der Waals surface area contributed by atoms with Gasteiger partial charge in [0.05, 0.1) is 17.6 Å². The SMILES string of the molecule is COCC1(C(=O)N(C)CC2(O)CCCC2)CCNCC1. The van der Waals surface area contributed by atoms with Crippen LogP contribution in [0.5, 0.6) is 0 Å². The summed E-state index contributed by atoms with van der Waals surface area (Å²) in [5, 5.41) is 13.8. The molecule has 0 atom stereocenters. The van der Waals surface area contributed by atoms with Crippen molar-refractivity contribution in [3.05, 3.63) is 0 Å². The van der Waals surface area contributed by atoms with E-state index in [1.807, 2.05) is 7.05 Å². The lowest BCUT2D eigenvalue weighted by Crippen LogP contribution is -2.53. The molecule has 0 aromatic rings. The van der Waals surface area contributed by atoms with Gasteiger partial charge in [-0.3, -0.25) is 4.79 Å². The predicted molar refractivity (Wildman–Crippen MR) is 77.5 cm³/mol. The van der Waals surface area contributed by atoms with E-state index < -0.39 is 11.0 Å². The van der Waals surface area contributed by atoms with Crippen molar-refractivity contribution < 1.29 is 14.6 Å². The zero-order valence-electron chi connectivity index (χ0n) is 12.8. The minimum atomic E-state index is -0.675. The molecule has 1 saturated carbocycles. The Hall–Kier alpha value is -0.650. The summed E-state index contributed by atoms with van der Waals surface area (Å²) in [6, 6.07) is 0. The lowest BCUT2D eigenvalue weighted by atomic mass is 9.78. The van der Waals surface area contributed by atoms with Crippen molar-refractivity contribution >= 4 is 5.91 Å². The number of carbonyl (C=O) groups excluding carboxylic acids is 1. The topological polar surface area (TPSA) is 61.8 Å². The highest BCUT2D eigenvalue weighted by atomic mass is 16.5. The molecule has 0 spiro atoms. The molecule has 1 amide bonds. The van der Waals surface area contributed by atoms with Gasteiger partial charge in [-0.2, -0.15) is 0 Å². The number of amides is 1. The van der Waals surface area contributed by atoms with Crippen LogP contribution in [0.1, 0.15) is 38.5 Å². The molecule has 2 rings (SSSR count). The van der Waals surface area contributed by atoms with Crippen LogP contribution in [0.3, 0.4) is 0 Å². The van der Waals surface area contributed by atoms with E-state index in [1.54, 1.807) is 12.0 Å². The molecule has 5 heteroatoms. The summed E-state index contributed by atoms with van der Waals surface area (Å²) in [5.74, 6) is 0.126. The third kappa shape index (κ3) is 3.32. The summed E-state index contributed by atoms with van der Waals surface area (Å²) in [6.07, 6.45) is 5.36. The maximum Gasteiger partial charge on any atom is 0.231 e. The minimum absolute atomic E-state index is 0.126. The highest BCUT2D eigenvalue weighted by Gasteiger charge is 2.43. The molecule has 1 aliphatic heterocycles. The van der Waals surface area contributed by atoms with Crippen molar-refractivity contribution in [2.24, 2.45) is 5.41 Å². The van der Waals surface area contributed by atoms with Gasteiger partial charge in [0.1, 0.15) is 0 Å². The van der Waals surface area contributed by atoms with Crippen molar-refractivity contribution in [3.63, 3.8) is 0 Å². The molecule has 1 heterocycles. The molecule has 2 N–H and O–H groups in total. The van der Waals surface area contributed by atoms with Gasteiger partial charge in [0, 0.05) is 20.7 Å². The molecule has 0 unspecified atom stereocenters. The Kier molecular flexibility index (Phi) is 5.04. The summed E-state index contributed by atoms with van der Waals surface area (Å²) in [4.78, 5) is 14.6. The third-order valence-electron chi connectivity index (χ3n) is 4.85. The number of hydrogen-bond donors (Lipinski definition) is 2. The summed E-state index contributed by atoms with van der Waals surface area (Å²) < 4.78 is 5.31. The number of piperidine rings is 1. The second-order valence-corrected chi connectivity index (χ2v) is 6.56. The Balaban J connectivity index is 2.02. The lowest BCUT2D eigenvalue weighted by Gasteiger charge is -2.40. The molecule has 0 aromatic carbocycles. The molecular weight excluding hydrogens is 256 g/mol. The summed E-state index contributed by atoms with van der Waals surface area (Å²) in [7, 11) is 3.47. The van der Waals surface area contributed by atoms with Crippen LogP contribution in [0.2, 0.25) is 0 Å². The maximum absolute atomic E-state index is 12.8. The molecule has 1 saturated heterocycles. The number of carbonyl (C=O) groups is 1. The van der Waals surface area contributed by atoms with E-state index in [2.05, 4.69) is 5.32 Å². The number of methoxy groups -OCH3 is 1. The number of rotatable bonds is 5. The fourth-order valence-corrected chi connectivity index (χ4v) is 3.71. The van der Waals surface area contributed by atoms with Crippen molar-refractivity contribution in [2.75, 3.05) is 40.4 Å². The third-order valence-corrected chi connectivity index (χ3v) is 4.85. The predicted octanol–water partition coefficient (Wildman–Crippen LogP) is 0.766. The van der Waals surface area contributed by atoms with Crippen LogP contribution < -0.4 is 5.32 Å². The van der Waals surface area contributed by atoms with E-state index in [1.165, 1.54) is 0 Å². The average molecular weight is 284 g/mol. The first-order valence-corrected chi connectivity index (χ1v) is 7.69. The summed E-state index contributed by atoms with van der Waals surface area (Å²) >= 11 is 0. The fraction of sp³-hybridized carbons (Fsp3) is 0.933. The summed E-state index contributed by atoms with van der Waals surface area (Å²) in [6.45, 7) is 2.63. The molecule has 5 nitrogen and oxygen atoms in total. The molecule has 0 radical (unpaired) electrons. The van der Waals surface area contributed by atoms with Gasteiger partial charge >= 0.3 is 0 Å². The van der Waals surface area contributed by atoms with E-state index in [0.29, 0.717) is 13.2 Å². The van der Waals surface area contributed by atoms with Crippen LogP contribution in [0, 0.1) is 5.41 Å². The fourth-order valence-electron chi connectivity index (χ4n) is 3.71. The molecule has 2 aliphatic rings. The maximum atomic E-state index is 12.8. The Morgan fingerprint density at radius 3 is 2.40 bits per heavy atom. The Labute approximate surface area is 121 Å². The molecule has 1 aliphatic carbocycles. The first-order chi connectivity index (χ1) is 9.51. The van der Waals surface area contributed by atoms with Gasteiger partial charge in [0.15, 0.2) is 0 Å². The summed E-state index contributed by atoms with van der Waals surface area (Å²) in [5.41, 5.74) is -1.09. The number of aliphatic hydroxyl groups is 1. The number of nitrogens with zero attached hydrogens (tertiary/aromatic N) is 1. The number of hydrogen-bond acceptors (Lipinski definition) is 4. The van der Waals surface area contributed by atoms with Gasteiger partial charge < -0.3 is 20.1 Å². The molecule has 0 aromatic heterocycles. The zero-order valence-corrected chi connectivity index (χ0v) is 12.8. The van der Waals surface area contributed by atoms with E-state index >= 15 is 0 Å². The largest absolute Gasteiger partial charge is 0.388 e. The number of nitrogens with one attached hydrogen (secondary N) is 1. The number of ether oxygens (including phenoxy) is 1. The van der Waals surface area contributed by atoms with Gasteiger partial charge in [0.25, 0.3) is 0 Å². The molecule has 2 fully saturated rings. The smallest absolute Gasteiger partial charge is 0.231 e. The molecule has 0 bridgehead atoms. The highest BCUT2D eigenvalue weighted by Crippen LogP contribution is 2.34. The molecule has 116 valence electrons. The minimum Gasteiger partial charge on any atom is -0.388 e. The highest BCUT2D eigenvalue weighted by molar-refractivity contribution is 5.83. The van der Waals surface area contributed by atoms with Crippen LogP contribution >= 0.6 is 0 Å². The normalized spacial score (nSPS) is 24.6. The van der Waals surface area contributed by atoms with Gasteiger partial charge in [-0.15, -0.1) is 0 Å². The monoisotopic (exact) mass is 284 g/mol. The van der Waals surface area contributed by atoms with Crippen molar-refractivity contribution in [2.45, 2.75) is 44.1 Å². The van der Waals surface area contributed by atoms with E-state index in [-0.39, 0.29) is 5.91 Å². The van der Waals surface area contributed by atoms with E-state index in [9.17, 15) is 9.90 Å². The Bertz CT molecular complexity index is 329. The van der Waals surface area contributed by atoms with Gasteiger partial charge in [-0.1, -0.05) is 12.8 Å². The first kappa shape index (κ1) is 15.7. The van der Waals surface area contributed by atoms with Gasteiger partial charge in [-0.05, 0) is 38.8 Å². The second kappa shape index (κ2) is 6.41. The molecular formula is C15H28N2O3. The van der Waals surface area contributed by atoms with Gasteiger partial charge in [0.2, 0.25) is 5.91 Å². The van der Waals surface area contributed by atoms with Crippen LogP contribution in [-0.4, -0.2) is 61.9 Å². The van der Waals surface area contributed by atoms with Crippen molar-refractivity contribution in [3.8, 4) is 0 Å². The van der Waals surface area contributed by atoms with Crippen molar-refractivity contribution in [1.29, 1.82) is 0 Å². The Morgan fingerprint density at radius 2 is 1.85 bits per heavy atom. The molecule has 20 heavy (non-hydrogen) atoms. The van der Waals surface area contributed by atoms with Crippen LogP contribution in [0.25, 0.3) is 0 Å². The van der Waals surface area contributed by atoms with Crippen molar-refractivity contribution in [1.82, 2.24) is 10.2 Å². The quantitative estimate of drug-likeness (QED) is 0.783. The van der Waals surface area contributed by atoms with E-state index in [0.717, 1.165) is 51.6 Å². The standard InChI is InChI=1S/C15H28N2O3/c1-17(11-15(19)5-3-4-6-15)13(18)14(12-20-2)7-9-16-10-8-14/h16,19H,3-12H2,1-2H3. The van der Waals surface area contributed by atoms with Crippen LogP contribution in [0.15, 0.2) is 0 Å².